The number of hydrogen-bond donors (Lipinski definition) is 2. The van der Waals surface area contributed by atoms with Gasteiger partial charge in [-0.25, -0.2) is 9.79 Å². The molecular formula is C11H10ClN3O2. The van der Waals surface area contributed by atoms with Crippen molar-refractivity contribution >= 4 is 23.4 Å². The van der Waals surface area contributed by atoms with Gasteiger partial charge in [0.2, 0.25) is 0 Å². The Labute approximate surface area is 103 Å². The zero-order valence-corrected chi connectivity index (χ0v) is 9.55. The highest BCUT2D eigenvalue weighted by molar-refractivity contribution is 6.31. The van der Waals surface area contributed by atoms with Crippen molar-refractivity contribution in [3.8, 4) is 0 Å². The molecule has 0 spiro atoms. The lowest BCUT2D eigenvalue weighted by atomic mass is 10.2. The molecular weight excluding hydrogens is 242 g/mol. The summed E-state index contributed by atoms with van der Waals surface area (Å²) in [4.78, 5) is 14.6. The zero-order valence-electron chi connectivity index (χ0n) is 8.80. The van der Waals surface area contributed by atoms with Crippen LogP contribution in [0.15, 0.2) is 41.5 Å². The Morgan fingerprint density at radius 3 is 3.12 bits per heavy atom. The maximum Gasteiger partial charge on any atom is 0.329 e. The minimum Gasteiger partial charge on any atom is -0.478 e. The number of amidine groups is 1. The second-order valence-corrected chi connectivity index (χ2v) is 3.83. The smallest absolute Gasteiger partial charge is 0.329 e. The normalized spacial score (nSPS) is 14.9. The average molecular weight is 252 g/mol. The van der Waals surface area contributed by atoms with Crippen LogP contribution in [0.4, 0.5) is 0 Å². The van der Waals surface area contributed by atoms with Crippen LogP contribution in [0.25, 0.3) is 0 Å². The highest BCUT2D eigenvalue weighted by atomic mass is 35.5. The van der Waals surface area contributed by atoms with Crippen LogP contribution >= 0.6 is 11.6 Å². The fraction of sp³-hybridized carbons (Fsp3) is 0.0909. The topological polar surface area (TPSA) is 64.9 Å². The molecule has 17 heavy (non-hydrogen) atoms. The lowest BCUT2D eigenvalue weighted by Crippen LogP contribution is -2.32. The minimum absolute atomic E-state index is 0.367. The molecule has 2 N–H and O–H groups in total. The Kier molecular flexibility index (Phi) is 3.30. The molecule has 0 saturated carbocycles. The summed E-state index contributed by atoms with van der Waals surface area (Å²) in [5.74, 6) is -0.328. The van der Waals surface area contributed by atoms with Crippen molar-refractivity contribution < 1.29 is 9.90 Å². The predicted molar refractivity (Wildman–Crippen MR) is 64.6 cm³/mol. The quantitative estimate of drug-likeness (QED) is 0.799. The van der Waals surface area contributed by atoms with Crippen LogP contribution in [-0.2, 0) is 4.79 Å². The molecule has 0 unspecified atom stereocenters. The van der Waals surface area contributed by atoms with Crippen molar-refractivity contribution in [2.24, 2.45) is 4.99 Å². The lowest BCUT2D eigenvalue weighted by Gasteiger charge is -2.12. The number of nitrogens with zero attached hydrogens (tertiary/aromatic N) is 2. The second kappa shape index (κ2) is 4.88. The standard InChI is InChI=1S/C11H10ClN3O2/c12-9-3-1-2-8(6-9)11-13-7-15(14-11)5-4-10(16)17/h1-6H,7H2,(H,13,14)(H,16,17)/b5-4-. The summed E-state index contributed by atoms with van der Waals surface area (Å²) < 4.78 is 0. The molecule has 1 aliphatic rings. The first-order valence-electron chi connectivity index (χ1n) is 4.90. The van der Waals surface area contributed by atoms with Gasteiger partial charge in [-0.15, -0.1) is 0 Å². The highest BCUT2D eigenvalue weighted by Crippen LogP contribution is 2.12. The summed E-state index contributed by atoms with van der Waals surface area (Å²) >= 11 is 5.87. The first-order chi connectivity index (χ1) is 8.15. The number of nitrogens with one attached hydrogen (secondary N) is 1. The van der Waals surface area contributed by atoms with Gasteiger partial charge in [-0.2, -0.15) is 0 Å². The molecule has 1 aromatic carbocycles. The van der Waals surface area contributed by atoms with Crippen LogP contribution in [0, 0.1) is 0 Å². The number of carboxylic acids is 1. The number of hydrazine groups is 1. The number of aliphatic imine (C=N–C) groups is 1. The fourth-order valence-electron chi connectivity index (χ4n) is 1.38. The fourth-order valence-corrected chi connectivity index (χ4v) is 1.57. The van der Waals surface area contributed by atoms with Crippen molar-refractivity contribution in [3.05, 3.63) is 47.1 Å². The van der Waals surface area contributed by atoms with Crippen molar-refractivity contribution in [1.29, 1.82) is 0 Å². The van der Waals surface area contributed by atoms with Gasteiger partial charge in [-0.05, 0) is 12.1 Å². The van der Waals surface area contributed by atoms with E-state index >= 15 is 0 Å². The molecule has 5 nitrogen and oxygen atoms in total. The van der Waals surface area contributed by atoms with E-state index < -0.39 is 5.97 Å². The molecule has 1 aliphatic heterocycles. The Balaban J connectivity index is 2.05. The molecule has 0 bridgehead atoms. The third-order valence-corrected chi connectivity index (χ3v) is 2.36. The number of hydrogen-bond acceptors (Lipinski definition) is 4. The van der Waals surface area contributed by atoms with Gasteiger partial charge < -0.3 is 5.11 Å². The van der Waals surface area contributed by atoms with Crippen LogP contribution in [0.3, 0.4) is 0 Å². The van der Waals surface area contributed by atoms with Crippen molar-refractivity contribution in [3.63, 3.8) is 0 Å². The minimum atomic E-state index is -0.997. The Morgan fingerprint density at radius 1 is 1.59 bits per heavy atom. The van der Waals surface area contributed by atoms with Crippen molar-refractivity contribution in [1.82, 2.24) is 10.4 Å². The number of carboxylic acid groups (broad SMARTS) is 1. The Hall–Kier alpha value is -2.01. The van der Waals surface area contributed by atoms with Gasteiger partial charge in [0.15, 0.2) is 0 Å². The van der Waals surface area contributed by atoms with Crippen molar-refractivity contribution in [2.75, 3.05) is 6.67 Å². The first-order valence-corrected chi connectivity index (χ1v) is 5.28. The van der Waals surface area contributed by atoms with Crippen LogP contribution < -0.4 is 5.43 Å². The van der Waals surface area contributed by atoms with E-state index in [0.29, 0.717) is 17.5 Å². The van der Waals surface area contributed by atoms with Gasteiger partial charge >= 0.3 is 5.97 Å². The number of aliphatic carboxylic acids is 1. The summed E-state index contributed by atoms with van der Waals surface area (Å²) in [6.45, 7) is 0.367. The molecule has 0 fully saturated rings. The van der Waals surface area contributed by atoms with Crippen LogP contribution in [-0.4, -0.2) is 28.6 Å². The second-order valence-electron chi connectivity index (χ2n) is 3.39. The largest absolute Gasteiger partial charge is 0.478 e. The van der Waals surface area contributed by atoms with Crippen LogP contribution in [0.5, 0.6) is 0 Å². The number of halogens is 1. The number of rotatable bonds is 3. The molecule has 0 aromatic heterocycles. The van der Waals surface area contributed by atoms with E-state index in [1.54, 1.807) is 17.1 Å². The Bertz CT molecular complexity index is 499. The third-order valence-electron chi connectivity index (χ3n) is 2.13. The summed E-state index contributed by atoms with van der Waals surface area (Å²) in [6.07, 6.45) is 2.47. The molecule has 0 atom stereocenters. The van der Waals surface area contributed by atoms with Crippen LogP contribution in [0.2, 0.25) is 5.02 Å². The van der Waals surface area contributed by atoms with E-state index in [4.69, 9.17) is 16.7 Å². The van der Waals surface area contributed by atoms with Crippen molar-refractivity contribution in [2.45, 2.75) is 0 Å². The summed E-state index contributed by atoms with van der Waals surface area (Å²) in [5.41, 5.74) is 3.83. The van der Waals surface area contributed by atoms with Gasteiger partial charge in [0.25, 0.3) is 0 Å². The molecule has 0 aliphatic carbocycles. The SMILES string of the molecule is O=C(O)/C=C\N1CN=C(c2cccc(Cl)c2)N1. The lowest BCUT2D eigenvalue weighted by molar-refractivity contribution is -0.131. The summed E-state index contributed by atoms with van der Waals surface area (Å²) in [5, 5.41) is 10.7. The molecule has 1 heterocycles. The molecule has 88 valence electrons. The van der Waals surface area contributed by atoms with Gasteiger partial charge in [0, 0.05) is 22.9 Å². The van der Waals surface area contributed by atoms with Gasteiger partial charge in [0.05, 0.1) is 0 Å². The van der Waals surface area contributed by atoms with E-state index in [9.17, 15) is 4.79 Å². The van der Waals surface area contributed by atoms with Gasteiger partial charge in [-0.3, -0.25) is 10.4 Å². The molecule has 0 saturated heterocycles. The van der Waals surface area contributed by atoms with Crippen LogP contribution in [0.1, 0.15) is 5.56 Å². The molecule has 0 amide bonds. The average Bonchev–Trinajstić information content (AvgIpc) is 2.75. The van der Waals surface area contributed by atoms with E-state index in [2.05, 4.69) is 10.4 Å². The third kappa shape index (κ3) is 2.98. The first kappa shape index (κ1) is 11.5. The van der Waals surface area contributed by atoms with E-state index in [0.717, 1.165) is 11.6 Å². The Morgan fingerprint density at radius 2 is 2.41 bits per heavy atom. The molecule has 6 heteroatoms. The monoisotopic (exact) mass is 251 g/mol. The number of carbonyl (C=O) groups is 1. The maximum atomic E-state index is 10.4. The number of benzene rings is 1. The summed E-state index contributed by atoms with van der Waals surface area (Å²) in [6, 6.07) is 7.28. The van der Waals surface area contributed by atoms with E-state index in [1.165, 1.54) is 6.20 Å². The predicted octanol–water partition coefficient (Wildman–Crippen LogP) is 1.46. The maximum absolute atomic E-state index is 10.4. The molecule has 0 radical (unpaired) electrons. The summed E-state index contributed by atoms with van der Waals surface area (Å²) in [7, 11) is 0. The molecule has 1 aromatic rings. The zero-order chi connectivity index (χ0) is 12.3. The molecule has 2 rings (SSSR count). The van der Waals surface area contributed by atoms with Gasteiger partial charge in [-0.1, -0.05) is 23.7 Å². The van der Waals surface area contributed by atoms with Gasteiger partial charge in [0.1, 0.15) is 12.5 Å². The highest BCUT2D eigenvalue weighted by Gasteiger charge is 2.13. The van der Waals surface area contributed by atoms with E-state index in [-0.39, 0.29) is 0 Å². The van der Waals surface area contributed by atoms with E-state index in [1.807, 2.05) is 12.1 Å².